The summed E-state index contributed by atoms with van der Waals surface area (Å²) in [7, 11) is 1.49. The van der Waals surface area contributed by atoms with Gasteiger partial charge < -0.3 is 9.84 Å². The van der Waals surface area contributed by atoms with Crippen LogP contribution in [0.15, 0.2) is 46.9 Å². The smallest absolute Gasteiger partial charge is 0.203 e. The van der Waals surface area contributed by atoms with Gasteiger partial charge in [-0.05, 0) is 42.0 Å². The summed E-state index contributed by atoms with van der Waals surface area (Å²) in [5, 5.41) is 17.4. The Kier molecular flexibility index (Phi) is 5.43. The molecule has 0 fully saturated rings. The van der Waals surface area contributed by atoms with Crippen LogP contribution in [-0.2, 0) is 0 Å². The number of aromatic hydroxyl groups is 1. The van der Waals surface area contributed by atoms with Gasteiger partial charge in [0.1, 0.15) is 0 Å². The average molecular weight is 394 g/mol. The van der Waals surface area contributed by atoms with Gasteiger partial charge in [-0.15, -0.1) is 11.3 Å². The largest absolute Gasteiger partial charge is 0.504 e. The summed E-state index contributed by atoms with van der Waals surface area (Å²) in [6.45, 7) is 0. The first-order valence-corrected chi connectivity index (χ1v) is 8.77. The molecule has 5 nitrogen and oxygen atoms in total. The van der Waals surface area contributed by atoms with Crippen molar-refractivity contribution < 1.29 is 9.84 Å². The van der Waals surface area contributed by atoms with Crippen molar-refractivity contribution in [1.29, 1.82) is 0 Å². The van der Waals surface area contributed by atoms with E-state index in [4.69, 9.17) is 27.9 Å². The second-order valence-electron chi connectivity index (χ2n) is 4.96. The van der Waals surface area contributed by atoms with E-state index in [1.54, 1.807) is 36.5 Å². The molecule has 0 aliphatic heterocycles. The Morgan fingerprint density at radius 3 is 2.84 bits per heavy atom. The summed E-state index contributed by atoms with van der Waals surface area (Å²) in [5.41, 5.74) is 5.20. The van der Waals surface area contributed by atoms with E-state index in [1.807, 2.05) is 11.4 Å². The van der Waals surface area contributed by atoms with Crippen LogP contribution in [0.3, 0.4) is 0 Å². The standard InChI is InChI=1S/C17H13Cl2N3O2S/c1-24-16-6-10(2-5-15(16)23)8-20-22-17-21-14(9-25-17)12-4-3-11(18)7-13(12)19/h2-9,23H,1H3,(H,21,22)/b20-8-. The Balaban J connectivity index is 1.71. The number of phenols is 1. The molecule has 128 valence electrons. The van der Waals surface area contributed by atoms with Crippen LogP contribution < -0.4 is 10.2 Å². The van der Waals surface area contributed by atoms with E-state index >= 15 is 0 Å². The first-order chi connectivity index (χ1) is 12.1. The van der Waals surface area contributed by atoms with E-state index in [1.165, 1.54) is 18.4 Å². The third kappa shape index (κ3) is 4.22. The Morgan fingerprint density at radius 1 is 1.24 bits per heavy atom. The number of hydrogen-bond acceptors (Lipinski definition) is 6. The molecule has 2 N–H and O–H groups in total. The van der Waals surface area contributed by atoms with E-state index in [2.05, 4.69) is 15.5 Å². The molecule has 3 aromatic rings. The number of methoxy groups -OCH3 is 1. The van der Waals surface area contributed by atoms with Crippen LogP contribution in [0, 0.1) is 0 Å². The highest BCUT2D eigenvalue weighted by molar-refractivity contribution is 7.14. The van der Waals surface area contributed by atoms with Crippen molar-refractivity contribution in [2.24, 2.45) is 5.10 Å². The monoisotopic (exact) mass is 393 g/mol. The number of ether oxygens (including phenoxy) is 1. The van der Waals surface area contributed by atoms with Gasteiger partial charge in [-0.25, -0.2) is 4.98 Å². The number of hydrogen-bond donors (Lipinski definition) is 2. The third-order valence-corrected chi connectivity index (χ3v) is 4.58. The highest BCUT2D eigenvalue weighted by Crippen LogP contribution is 2.32. The van der Waals surface area contributed by atoms with Gasteiger partial charge >= 0.3 is 0 Å². The van der Waals surface area contributed by atoms with Crippen LogP contribution >= 0.6 is 34.5 Å². The number of hydrazone groups is 1. The second-order valence-corrected chi connectivity index (χ2v) is 6.67. The molecule has 0 amide bonds. The predicted octanol–water partition coefficient (Wildman–Crippen LogP) is 5.28. The Morgan fingerprint density at radius 2 is 2.08 bits per heavy atom. The van der Waals surface area contributed by atoms with Crippen LogP contribution in [0.2, 0.25) is 10.0 Å². The maximum atomic E-state index is 9.58. The molecule has 0 spiro atoms. The fourth-order valence-electron chi connectivity index (χ4n) is 2.08. The number of aromatic nitrogens is 1. The van der Waals surface area contributed by atoms with Crippen molar-refractivity contribution in [3.05, 3.63) is 57.4 Å². The molecule has 25 heavy (non-hydrogen) atoms. The Bertz CT molecular complexity index is 928. The molecular weight excluding hydrogens is 381 g/mol. The molecule has 1 aromatic heterocycles. The maximum Gasteiger partial charge on any atom is 0.203 e. The van der Waals surface area contributed by atoms with Crippen LogP contribution in [0.1, 0.15) is 5.56 Å². The van der Waals surface area contributed by atoms with Crippen molar-refractivity contribution in [1.82, 2.24) is 4.98 Å². The normalized spacial score (nSPS) is 11.0. The molecule has 0 atom stereocenters. The summed E-state index contributed by atoms with van der Waals surface area (Å²) in [5.74, 6) is 0.467. The molecule has 0 radical (unpaired) electrons. The zero-order valence-corrected chi connectivity index (χ0v) is 15.4. The summed E-state index contributed by atoms with van der Waals surface area (Å²) in [6, 6.07) is 10.2. The number of thiazole rings is 1. The Labute approximate surface area is 158 Å². The number of benzene rings is 2. The van der Waals surface area contributed by atoms with Crippen molar-refractivity contribution in [3.8, 4) is 22.8 Å². The molecule has 2 aromatic carbocycles. The number of nitrogens with zero attached hydrogens (tertiary/aromatic N) is 2. The van der Waals surface area contributed by atoms with E-state index < -0.39 is 0 Å². The van der Waals surface area contributed by atoms with Gasteiger partial charge in [0.05, 0.1) is 24.0 Å². The van der Waals surface area contributed by atoms with Gasteiger partial charge in [0.2, 0.25) is 5.13 Å². The third-order valence-electron chi connectivity index (χ3n) is 3.29. The lowest BCUT2D eigenvalue weighted by atomic mass is 10.2. The molecular formula is C17H13Cl2N3O2S. The van der Waals surface area contributed by atoms with E-state index in [0.717, 1.165) is 16.8 Å². The molecule has 8 heteroatoms. The zero-order valence-electron chi connectivity index (χ0n) is 13.0. The lowest BCUT2D eigenvalue weighted by Crippen LogP contribution is -1.91. The maximum absolute atomic E-state index is 9.58. The molecule has 0 saturated carbocycles. The molecule has 0 saturated heterocycles. The zero-order chi connectivity index (χ0) is 17.8. The first kappa shape index (κ1) is 17.5. The minimum absolute atomic E-state index is 0.0806. The van der Waals surface area contributed by atoms with Gasteiger partial charge in [-0.1, -0.05) is 23.2 Å². The number of rotatable bonds is 5. The fraction of sp³-hybridized carbons (Fsp3) is 0.0588. The topological polar surface area (TPSA) is 66.7 Å². The van der Waals surface area contributed by atoms with Crippen molar-refractivity contribution in [2.45, 2.75) is 0 Å². The van der Waals surface area contributed by atoms with Gasteiger partial charge in [-0.3, -0.25) is 5.43 Å². The molecule has 0 bridgehead atoms. The van der Waals surface area contributed by atoms with Crippen molar-refractivity contribution in [2.75, 3.05) is 12.5 Å². The number of anilines is 1. The van der Waals surface area contributed by atoms with Gasteiger partial charge in [0.15, 0.2) is 11.5 Å². The number of nitrogens with one attached hydrogen (secondary N) is 1. The van der Waals surface area contributed by atoms with Crippen LogP contribution in [0.5, 0.6) is 11.5 Å². The van der Waals surface area contributed by atoms with Crippen molar-refractivity contribution >= 4 is 45.9 Å². The summed E-state index contributed by atoms with van der Waals surface area (Å²) >= 11 is 13.5. The minimum atomic E-state index is 0.0806. The van der Waals surface area contributed by atoms with Gasteiger partial charge in [-0.2, -0.15) is 5.10 Å². The van der Waals surface area contributed by atoms with Crippen LogP contribution in [0.4, 0.5) is 5.13 Å². The quantitative estimate of drug-likeness (QED) is 0.457. The number of phenolic OH excluding ortho intramolecular Hbond substituents is 1. The highest BCUT2D eigenvalue weighted by atomic mass is 35.5. The Hall–Kier alpha value is -2.28. The molecule has 3 rings (SSSR count). The van der Waals surface area contributed by atoms with Crippen LogP contribution in [-0.4, -0.2) is 23.4 Å². The predicted molar refractivity (Wildman–Crippen MR) is 103 cm³/mol. The minimum Gasteiger partial charge on any atom is -0.504 e. The van der Waals surface area contributed by atoms with Crippen LogP contribution in [0.25, 0.3) is 11.3 Å². The highest BCUT2D eigenvalue weighted by Gasteiger charge is 2.08. The summed E-state index contributed by atoms with van der Waals surface area (Å²) in [6.07, 6.45) is 1.61. The van der Waals surface area contributed by atoms with Crippen molar-refractivity contribution in [3.63, 3.8) is 0 Å². The second kappa shape index (κ2) is 7.74. The number of halogens is 2. The first-order valence-electron chi connectivity index (χ1n) is 7.14. The molecule has 0 unspecified atom stereocenters. The lowest BCUT2D eigenvalue weighted by molar-refractivity contribution is 0.373. The molecule has 1 heterocycles. The molecule has 0 aliphatic rings. The summed E-state index contributed by atoms with van der Waals surface area (Å²) < 4.78 is 5.06. The fourth-order valence-corrected chi connectivity index (χ4v) is 3.25. The summed E-state index contributed by atoms with van der Waals surface area (Å²) in [4.78, 5) is 4.45. The van der Waals surface area contributed by atoms with E-state index in [9.17, 15) is 5.11 Å². The van der Waals surface area contributed by atoms with E-state index in [-0.39, 0.29) is 5.75 Å². The lowest BCUT2D eigenvalue weighted by Gasteiger charge is -2.03. The average Bonchev–Trinajstić information content (AvgIpc) is 3.05. The van der Waals surface area contributed by atoms with Gasteiger partial charge in [0.25, 0.3) is 0 Å². The van der Waals surface area contributed by atoms with Gasteiger partial charge in [0, 0.05) is 16.0 Å². The van der Waals surface area contributed by atoms with E-state index in [0.29, 0.717) is 20.9 Å². The molecule has 0 aliphatic carbocycles. The SMILES string of the molecule is COc1cc(/C=N\Nc2nc(-c3ccc(Cl)cc3Cl)cs2)ccc1O.